The van der Waals surface area contributed by atoms with Gasteiger partial charge >= 0.3 is 0 Å². The zero-order chi connectivity index (χ0) is 18.4. The van der Waals surface area contributed by atoms with Gasteiger partial charge < -0.3 is 10.6 Å². The normalized spacial score (nSPS) is 11.0. The van der Waals surface area contributed by atoms with E-state index >= 15 is 0 Å². The highest BCUT2D eigenvalue weighted by molar-refractivity contribution is 7.13. The lowest BCUT2D eigenvalue weighted by atomic mass is 10.2. The average Bonchev–Trinajstić information content (AvgIpc) is 3.28. The minimum absolute atomic E-state index is 0.0750. The van der Waals surface area contributed by atoms with E-state index in [2.05, 4.69) is 28.3 Å². The third-order valence-electron chi connectivity index (χ3n) is 3.86. The van der Waals surface area contributed by atoms with Crippen LogP contribution in [-0.2, 0) is 11.3 Å². The van der Waals surface area contributed by atoms with Gasteiger partial charge in [-0.3, -0.25) is 4.79 Å². The average molecular weight is 369 g/mol. The number of nitrogens with one attached hydrogen (secondary N) is 2. The highest BCUT2D eigenvalue weighted by atomic mass is 32.1. The molecule has 1 amide bonds. The standard InChI is InChI=1S/C20H24N4OS/c1-15(2)22-19(25)10-11-21-13-16-14-24(17-7-4-3-5-8-17)23-20(16)18-9-6-12-26-18/h3-9,12,14-15,21H,10-11,13H2,1-2H3,(H,22,25). The smallest absolute Gasteiger partial charge is 0.221 e. The Morgan fingerprint density at radius 3 is 2.69 bits per heavy atom. The number of benzene rings is 1. The molecule has 2 heterocycles. The highest BCUT2D eigenvalue weighted by Gasteiger charge is 2.13. The van der Waals surface area contributed by atoms with Crippen molar-refractivity contribution >= 4 is 17.2 Å². The Labute approximate surface area is 158 Å². The Morgan fingerprint density at radius 2 is 2.00 bits per heavy atom. The van der Waals surface area contributed by atoms with E-state index in [0.717, 1.165) is 21.8 Å². The van der Waals surface area contributed by atoms with Crippen LogP contribution in [-0.4, -0.2) is 28.3 Å². The first kappa shape index (κ1) is 18.4. The summed E-state index contributed by atoms with van der Waals surface area (Å²) in [7, 11) is 0. The molecule has 5 nitrogen and oxygen atoms in total. The summed E-state index contributed by atoms with van der Waals surface area (Å²) >= 11 is 1.68. The maximum absolute atomic E-state index is 11.7. The quantitative estimate of drug-likeness (QED) is 0.597. The predicted molar refractivity (Wildman–Crippen MR) is 106 cm³/mol. The molecule has 0 saturated carbocycles. The predicted octanol–water partition coefficient (Wildman–Crippen LogP) is 3.61. The molecule has 0 atom stereocenters. The molecule has 3 aromatic rings. The third kappa shape index (κ3) is 4.80. The molecule has 26 heavy (non-hydrogen) atoms. The van der Waals surface area contributed by atoms with E-state index in [1.165, 1.54) is 0 Å². The van der Waals surface area contributed by atoms with Crippen molar-refractivity contribution in [1.29, 1.82) is 0 Å². The van der Waals surface area contributed by atoms with E-state index in [4.69, 9.17) is 5.10 Å². The lowest BCUT2D eigenvalue weighted by Gasteiger charge is -2.08. The number of thiophene rings is 1. The van der Waals surface area contributed by atoms with Crippen LogP contribution in [0.5, 0.6) is 0 Å². The number of hydrogen-bond acceptors (Lipinski definition) is 4. The number of nitrogens with zero attached hydrogens (tertiary/aromatic N) is 2. The number of amides is 1. The lowest BCUT2D eigenvalue weighted by Crippen LogP contribution is -2.32. The molecule has 0 aliphatic rings. The molecule has 0 bridgehead atoms. The van der Waals surface area contributed by atoms with Gasteiger partial charge in [-0.05, 0) is 37.4 Å². The van der Waals surface area contributed by atoms with Crippen LogP contribution in [0, 0.1) is 0 Å². The number of carbonyl (C=O) groups excluding carboxylic acids is 1. The summed E-state index contributed by atoms with van der Waals surface area (Å²) in [5, 5.41) is 13.1. The zero-order valence-corrected chi connectivity index (χ0v) is 15.9. The molecular weight excluding hydrogens is 344 g/mol. The molecule has 1 aromatic carbocycles. The maximum Gasteiger partial charge on any atom is 0.221 e. The van der Waals surface area contributed by atoms with Gasteiger partial charge in [-0.2, -0.15) is 5.10 Å². The number of carbonyl (C=O) groups is 1. The van der Waals surface area contributed by atoms with Crippen molar-refractivity contribution in [3.8, 4) is 16.3 Å². The number of aromatic nitrogens is 2. The molecule has 136 valence electrons. The molecule has 0 aliphatic carbocycles. The summed E-state index contributed by atoms with van der Waals surface area (Å²) in [6.45, 7) is 5.25. The summed E-state index contributed by atoms with van der Waals surface area (Å²) in [6.07, 6.45) is 2.53. The van der Waals surface area contributed by atoms with Crippen molar-refractivity contribution < 1.29 is 4.79 Å². The first-order chi connectivity index (χ1) is 12.6. The second-order valence-electron chi connectivity index (χ2n) is 6.41. The van der Waals surface area contributed by atoms with Gasteiger partial charge in [0.25, 0.3) is 0 Å². The van der Waals surface area contributed by atoms with Crippen molar-refractivity contribution in [3.63, 3.8) is 0 Å². The van der Waals surface area contributed by atoms with E-state index in [9.17, 15) is 4.79 Å². The van der Waals surface area contributed by atoms with Gasteiger partial charge in [-0.1, -0.05) is 24.3 Å². The second-order valence-corrected chi connectivity index (χ2v) is 7.36. The van der Waals surface area contributed by atoms with E-state index in [1.54, 1.807) is 11.3 Å². The largest absolute Gasteiger partial charge is 0.354 e. The third-order valence-corrected chi connectivity index (χ3v) is 4.74. The molecule has 3 rings (SSSR count). The van der Waals surface area contributed by atoms with Crippen LogP contribution in [0.2, 0.25) is 0 Å². The number of hydrogen-bond donors (Lipinski definition) is 2. The van der Waals surface area contributed by atoms with Crippen molar-refractivity contribution in [1.82, 2.24) is 20.4 Å². The van der Waals surface area contributed by atoms with Crippen LogP contribution in [0.1, 0.15) is 25.8 Å². The highest BCUT2D eigenvalue weighted by Crippen LogP contribution is 2.27. The van der Waals surface area contributed by atoms with Crippen LogP contribution >= 0.6 is 11.3 Å². The summed E-state index contributed by atoms with van der Waals surface area (Å²) in [6, 6.07) is 14.4. The maximum atomic E-state index is 11.7. The summed E-state index contributed by atoms with van der Waals surface area (Å²) in [5.41, 5.74) is 3.15. The summed E-state index contributed by atoms with van der Waals surface area (Å²) in [4.78, 5) is 12.9. The molecule has 0 radical (unpaired) electrons. The van der Waals surface area contributed by atoms with Crippen molar-refractivity contribution in [2.75, 3.05) is 6.54 Å². The van der Waals surface area contributed by atoms with Crippen LogP contribution in [0.15, 0.2) is 54.0 Å². The SMILES string of the molecule is CC(C)NC(=O)CCNCc1cn(-c2ccccc2)nc1-c1cccs1. The fourth-order valence-electron chi connectivity index (χ4n) is 2.69. The van der Waals surface area contributed by atoms with Crippen LogP contribution in [0.3, 0.4) is 0 Å². The molecule has 0 spiro atoms. The fourth-order valence-corrected chi connectivity index (χ4v) is 3.44. The first-order valence-electron chi connectivity index (χ1n) is 8.81. The molecule has 0 aliphatic heterocycles. The number of para-hydroxylation sites is 1. The molecule has 0 fully saturated rings. The molecule has 6 heteroatoms. The van der Waals surface area contributed by atoms with E-state index < -0.39 is 0 Å². The monoisotopic (exact) mass is 368 g/mol. The molecular formula is C20H24N4OS. The van der Waals surface area contributed by atoms with E-state index in [1.807, 2.05) is 54.9 Å². The molecule has 2 N–H and O–H groups in total. The van der Waals surface area contributed by atoms with E-state index in [-0.39, 0.29) is 11.9 Å². The van der Waals surface area contributed by atoms with Crippen molar-refractivity contribution in [2.45, 2.75) is 32.9 Å². The lowest BCUT2D eigenvalue weighted by molar-refractivity contribution is -0.121. The second kappa shape index (κ2) is 8.78. The van der Waals surface area contributed by atoms with Gasteiger partial charge in [0.15, 0.2) is 0 Å². The first-order valence-corrected chi connectivity index (χ1v) is 9.69. The Morgan fingerprint density at radius 1 is 1.19 bits per heavy atom. The van der Waals surface area contributed by atoms with Crippen molar-refractivity contribution in [2.24, 2.45) is 0 Å². The van der Waals surface area contributed by atoms with Gasteiger partial charge in [0, 0.05) is 37.3 Å². The Hall–Kier alpha value is -2.44. The minimum atomic E-state index is 0.0750. The Kier molecular flexibility index (Phi) is 6.20. The zero-order valence-electron chi connectivity index (χ0n) is 15.1. The van der Waals surface area contributed by atoms with Crippen LogP contribution in [0.25, 0.3) is 16.3 Å². The van der Waals surface area contributed by atoms with Crippen molar-refractivity contribution in [3.05, 3.63) is 59.6 Å². The molecule has 0 saturated heterocycles. The topological polar surface area (TPSA) is 59.0 Å². The Bertz CT molecular complexity index is 825. The van der Waals surface area contributed by atoms with E-state index in [0.29, 0.717) is 19.5 Å². The van der Waals surface area contributed by atoms with Crippen LogP contribution in [0.4, 0.5) is 0 Å². The molecule has 2 aromatic heterocycles. The van der Waals surface area contributed by atoms with Crippen LogP contribution < -0.4 is 10.6 Å². The van der Waals surface area contributed by atoms with Gasteiger partial charge in [0.2, 0.25) is 5.91 Å². The van der Waals surface area contributed by atoms with Gasteiger partial charge in [-0.15, -0.1) is 11.3 Å². The summed E-state index contributed by atoms with van der Waals surface area (Å²) in [5.74, 6) is 0.0750. The Balaban J connectivity index is 1.69. The fraction of sp³-hybridized carbons (Fsp3) is 0.300. The van der Waals surface area contributed by atoms with Gasteiger partial charge in [0.1, 0.15) is 5.69 Å². The molecule has 0 unspecified atom stereocenters. The minimum Gasteiger partial charge on any atom is -0.354 e. The summed E-state index contributed by atoms with van der Waals surface area (Å²) < 4.78 is 1.91. The van der Waals surface area contributed by atoms with Gasteiger partial charge in [0.05, 0.1) is 10.6 Å². The van der Waals surface area contributed by atoms with Gasteiger partial charge in [-0.25, -0.2) is 4.68 Å². The number of rotatable bonds is 8.